The van der Waals surface area contributed by atoms with Crippen molar-refractivity contribution in [1.82, 2.24) is 5.32 Å². The van der Waals surface area contributed by atoms with Gasteiger partial charge in [0.25, 0.3) is 0 Å². The van der Waals surface area contributed by atoms with Crippen LogP contribution >= 0.6 is 0 Å². The van der Waals surface area contributed by atoms with Crippen LogP contribution in [0, 0.1) is 5.82 Å². The molecule has 0 radical (unpaired) electrons. The van der Waals surface area contributed by atoms with Gasteiger partial charge < -0.3 is 10.1 Å². The maximum atomic E-state index is 13.3. The Balaban J connectivity index is 1.57. The van der Waals surface area contributed by atoms with Crippen LogP contribution in [0.4, 0.5) is 4.39 Å². The van der Waals surface area contributed by atoms with Crippen LogP contribution in [-0.4, -0.2) is 13.2 Å². The van der Waals surface area contributed by atoms with E-state index in [1.165, 1.54) is 22.3 Å². The average Bonchev–Trinajstić information content (AvgIpc) is 2.75. The highest BCUT2D eigenvalue weighted by atomic mass is 19.1. The van der Waals surface area contributed by atoms with Gasteiger partial charge in [-0.1, -0.05) is 54.6 Å². The lowest BCUT2D eigenvalue weighted by Gasteiger charge is -2.35. The van der Waals surface area contributed by atoms with E-state index in [-0.39, 0.29) is 5.82 Å². The fraction of sp³-hybridized carbons (Fsp3) is 0.280. The second-order valence-corrected chi connectivity index (χ2v) is 7.47. The van der Waals surface area contributed by atoms with E-state index in [9.17, 15) is 4.39 Å². The first-order chi connectivity index (χ1) is 13.7. The first-order valence-corrected chi connectivity index (χ1v) is 9.92. The van der Waals surface area contributed by atoms with Crippen LogP contribution in [-0.2, 0) is 19.4 Å². The van der Waals surface area contributed by atoms with Gasteiger partial charge in [-0.25, -0.2) is 4.39 Å². The molecule has 0 saturated carbocycles. The number of hydrogen-bond donors (Lipinski definition) is 1. The van der Waals surface area contributed by atoms with Crippen LogP contribution in [0.5, 0.6) is 5.75 Å². The molecule has 3 aromatic rings. The molecule has 0 spiro atoms. The van der Waals surface area contributed by atoms with Gasteiger partial charge in [0.05, 0.1) is 7.11 Å². The summed E-state index contributed by atoms with van der Waals surface area (Å²) < 4.78 is 18.8. The zero-order valence-electron chi connectivity index (χ0n) is 16.2. The number of benzene rings is 3. The smallest absolute Gasteiger partial charge is 0.123 e. The number of nitrogens with one attached hydrogen (secondary N) is 1. The number of fused-ring (bicyclic) bond motifs is 1. The predicted octanol–water partition coefficient (Wildman–Crippen LogP) is 5.27. The van der Waals surface area contributed by atoms with Crippen molar-refractivity contribution in [2.75, 3.05) is 7.11 Å². The molecule has 0 aliphatic heterocycles. The number of para-hydroxylation sites is 1. The fourth-order valence-electron chi connectivity index (χ4n) is 4.31. The molecule has 1 aliphatic rings. The van der Waals surface area contributed by atoms with Crippen molar-refractivity contribution >= 4 is 0 Å². The monoisotopic (exact) mass is 375 g/mol. The van der Waals surface area contributed by atoms with Gasteiger partial charge in [0.2, 0.25) is 0 Å². The lowest BCUT2D eigenvalue weighted by Crippen LogP contribution is -2.39. The third-order valence-corrected chi connectivity index (χ3v) is 5.78. The summed E-state index contributed by atoms with van der Waals surface area (Å²) in [5.74, 6) is 1.10. The van der Waals surface area contributed by atoms with E-state index in [2.05, 4.69) is 35.6 Å². The SMILES string of the molecule is COc1ccccc1CN[C@H]1CCc2ccccc2[C@@H]1Cc1ccc(F)cc1. The lowest BCUT2D eigenvalue weighted by atomic mass is 9.76. The Morgan fingerprint density at radius 2 is 1.71 bits per heavy atom. The van der Waals surface area contributed by atoms with Gasteiger partial charge in [0.15, 0.2) is 0 Å². The zero-order valence-corrected chi connectivity index (χ0v) is 16.2. The quantitative estimate of drug-likeness (QED) is 0.634. The van der Waals surface area contributed by atoms with Gasteiger partial charge in [-0.05, 0) is 54.2 Å². The highest BCUT2D eigenvalue weighted by Crippen LogP contribution is 2.35. The van der Waals surface area contributed by atoms with Crippen molar-refractivity contribution in [2.45, 2.75) is 37.8 Å². The molecule has 4 rings (SSSR count). The Labute approximate surface area is 166 Å². The summed E-state index contributed by atoms with van der Waals surface area (Å²) in [7, 11) is 1.72. The fourth-order valence-corrected chi connectivity index (χ4v) is 4.31. The predicted molar refractivity (Wildman–Crippen MR) is 111 cm³/mol. The Morgan fingerprint density at radius 3 is 2.54 bits per heavy atom. The third kappa shape index (κ3) is 4.10. The summed E-state index contributed by atoms with van der Waals surface area (Å²) in [6.45, 7) is 0.775. The van der Waals surface area contributed by atoms with Crippen LogP contribution < -0.4 is 10.1 Å². The Morgan fingerprint density at radius 1 is 0.964 bits per heavy atom. The molecular weight excluding hydrogens is 349 g/mol. The maximum absolute atomic E-state index is 13.3. The molecule has 0 amide bonds. The van der Waals surface area contributed by atoms with E-state index in [0.717, 1.165) is 31.6 Å². The molecule has 3 heteroatoms. The summed E-state index contributed by atoms with van der Waals surface area (Å²) in [5, 5.41) is 3.78. The third-order valence-electron chi connectivity index (χ3n) is 5.78. The van der Waals surface area contributed by atoms with Gasteiger partial charge in [0, 0.05) is 24.1 Å². The van der Waals surface area contributed by atoms with E-state index in [1.54, 1.807) is 19.2 Å². The molecule has 0 fully saturated rings. The summed E-state index contributed by atoms with van der Waals surface area (Å²) >= 11 is 0. The van der Waals surface area contributed by atoms with Crippen molar-refractivity contribution in [3.8, 4) is 5.75 Å². The van der Waals surface area contributed by atoms with E-state index >= 15 is 0 Å². The minimum absolute atomic E-state index is 0.182. The van der Waals surface area contributed by atoms with E-state index in [0.29, 0.717) is 12.0 Å². The molecule has 0 heterocycles. The molecule has 1 aliphatic carbocycles. The normalized spacial score (nSPS) is 18.5. The summed E-state index contributed by atoms with van der Waals surface area (Å²) in [6, 6.07) is 24.2. The summed E-state index contributed by atoms with van der Waals surface area (Å²) in [5.41, 5.74) is 5.19. The van der Waals surface area contributed by atoms with Crippen LogP contribution in [0.15, 0.2) is 72.8 Å². The second kappa shape index (κ2) is 8.57. The van der Waals surface area contributed by atoms with E-state index < -0.39 is 0 Å². The molecule has 0 unspecified atom stereocenters. The van der Waals surface area contributed by atoms with Crippen LogP contribution in [0.3, 0.4) is 0 Å². The molecule has 0 aromatic heterocycles. The van der Waals surface area contributed by atoms with Crippen LogP contribution in [0.25, 0.3) is 0 Å². The first-order valence-electron chi connectivity index (χ1n) is 9.92. The van der Waals surface area contributed by atoms with Crippen molar-refractivity contribution in [3.05, 3.63) is 101 Å². The Bertz CT molecular complexity index is 922. The van der Waals surface area contributed by atoms with Crippen LogP contribution in [0.1, 0.15) is 34.6 Å². The topological polar surface area (TPSA) is 21.3 Å². The van der Waals surface area contributed by atoms with Crippen molar-refractivity contribution < 1.29 is 9.13 Å². The number of methoxy groups -OCH3 is 1. The summed E-state index contributed by atoms with van der Waals surface area (Å²) in [4.78, 5) is 0. The molecule has 0 bridgehead atoms. The number of hydrogen-bond acceptors (Lipinski definition) is 2. The highest BCUT2D eigenvalue weighted by Gasteiger charge is 2.29. The van der Waals surface area contributed by atoms with E-state index in [1.807, 2.05) is 30.3 Å². The molecule has 1 N–H and O–H groups in total. The zero-order chi connectivity index (χ0) is 19.3. The van der Waals surface area contributed by atoms with Crippen LogP contribution in [0.2, 0.25) is 0 Å². The van der Waals surface area contributed by atoms with Gasteiger partial charge >= 0.3 is 0 Å². The number of ether oxygens (including phenoxy) is 1. The number of aryl methyl sites for hydroxylation is 1. The molecule has 3 aromatic carbocycles. The maximum Gasteiger partial charge on any atom is 0.123 e. The molecule has 0 saturated heterocycles. The Hall–Kier alpha value is -2.65. The van der Waals surface area contributed by atoms with Gasteiger partial charge in [-0.2, -0.15) is 0 Å². The standard InChI is InChI=1S/C25H26FNO/c1-28-25-9-5-3-7-20(25)17-27-24-15-12-19-6-2-4-8-22(19)23(24)16-18-10-13-21(26)14-11-18/h2-11,13-14,23-24,27H,12,15-17H2,1H3/t23-,24-/m0/s1. The van der Waals surface area contributed by atoms with Crippen molar-refractivity contribution in [3.63, 3.8) is 0 Å². The molecule has 144 valence electrons. The van der Waals surface area contributed by atoms with E-state index in [4.69, 9.17) is 4.74 Å². The van der Waals surface area contributed by atoms with Gasteiger partial charge in [0.1, 0.15) is 11.6 Å². The molecule has 2 atom stereocenters. The lowest BCUT2D eigenvalue weighted by molar-refractivity contribution is 0.373. The molecule has 2 nitrogen and oxygen atoms in total. The second-order valence-electron chi connectivity index (χ2n) is 7.47. The molecular formula is C25H26FNO. The highest BCUT2D eigenvalue weighted by molar-refractivity contribution is 5.37. The number of rotatable bonds is 6. The molecule has 28 heavy (non-hydrogen) atoms. The number of halogens is 1. The van der Waals surface area contributed by atoms with Crippen molar-refractivity contribution in [2.24, 2.45) is 0 Å². The minimum atomic E-state index is -0.182. The van der Waals surface area contributed by atoms with Crippen molar-refractivity contribution in [1.29, 1.82) is 0 Å². The largest absolute Gasteiger partial charge is 0.496 e. The Kier molecular flexibility index (Phi) is 5.73. The average molecular weight is 375 g/mol. The minimum Gasteiger partial charge on any atom is -0.496 e. The van der Waals surface area contributed by atoms with Gasteiger partial charge in [-0.3, -0.25) is 0 Å². The summed E-state index contributed by atoms with van der Waals surface area (Å²) in [6.07, 6.45) is 3.08. The first kappa shape index (κ1) is 18.7. The van der Waals surface area contributed by atoms with Gasteiger partial charge in [-0.15, -0.1) is 0 Å².